The first-order valence-electron chi connectivity index (χ1n) is 9.09. The Labute approximate surface area is 164 Å². The van der Waals surface area contributed by atoms with E-state index in [0.717, 1.165) is 36.1 Å². The van der Waals surface area contributed by atoms with Crippen molar-refractivity contribution >= 4 is 23.8 Å². The number of rotatable bonds is 7. The Hall–Kier alpha value is -2.37. The molecule has 0 bridgehead atoms. The van der Waals surface area contributed by atoms with Gasteiger partial charge < -0.3 is 9.94 Å². The maximum absolute atomic E-state index is 11.1. The molecule has 6 heteroatoms. The third-order valence-corrected chi connectivity index (χ3v) is 4.95. The van der Waals surface area contributed by atoms with Crippen molar-refractivity contribution in [1.29, 1.82) is 0 Å². The summed E-state index contributed by atoms with van der Waals surface area (Å²) in [6, 6.07) is 15.6. The summed E-state index contributed by atoms with van der Waals surface area (Å²) < 4.78 is 0. The highest BCUT2D eigenvalue weighted by atomic mass is 35.5. The lowest BCUT2D eigenvalue weighted by molar-refractivity contribution is -0.143. The van der Waals surface area contributed by atoms with Crippen molar-refractivity contribution < 1.29 is 14.7 Å². The molecule has 1 heterocycles. The molecule has 0 aromatic heterocycles. The highest BCUT2D eigenvalue weighted by molar-refractivity contribution is 6.30. The van der Waals surface area contributed by atoms with Gasteiger partial charge in [-0.2, -0.15) is 0 Å². The Balaban J connectivity index is 1.54. The average Bonchev–Trinajstić information content (AvgIpc) is 2.68. The predicted octanol–water partition coefficient (Wildman–Crippen LogP) is 4.15. The van der Waals surface area contributed by atoms with Gasteiger partial charge in [0.2, 0.25) is 0 Å². The number of piperidine rings is 1. The molecule has 0 spiro atoms. The SMILES string of the molecule is O=C(O)C1CCCN(CCO/N=C/c2ccccc2-c2cccc(Cl)c2)C1. The first kappa shape index (κ1) is 19.4. The third-order valence-electron chi connectivity index (χ3n) is 4.72. The first-order valence-corrected chi connectivity index (χ1v) is 9.47. The molecule has 3 rings (SSSR count). The molecular weight excluding hydrogens is 364 g/mol. The van der Waals surface area contributed by atoms with Gasteiger partial charge in [0.15, 0.2) is 0 Å². The molecule has 1 atom stereocenters. The second-order valence-corrected chi connectivity index (χ2v) is 7.08. The van der Waals surface area contributed by atoms with Crippen molar-refractivity contribution in [2.75, 3.05) is 26.2 Å². The van der Waals surface area contributed by atoms with E-state index in [1.807, 2.05) is 48.5 Å². The number of hydrogen-bond donors (Lipinski definition) is 1. The summed E-state index contributed by atoms with van der Waals surface area (Å²) in [4.78, 5) is 18.6. The quantitative estimate of drug-likeness (QED) is 0.441. The molecule has 0 amide bonds. The van der Waals surface area contributed by atoms with E-state index in [-0.39, 0.29) is 5.92 Å². The Bertz CT molecular complexity index is 810. The van der Waals surface area contributed by atoms with Crippen LogP contribution in [-0.2, 0) is 9.63 Å². The largest absolute Gasteiger partial charge is 0.481 e. The second-order valence-electron chi connectivity index (χ2n) is 6.64. The Morgan fingerprint density at radius 2 is 2.15 bits per heavy atom. The van der Waals surface area contributed by atoms with Gasteiger partial charge in [0.1, 0.15) is 6.61 Å². The Kier molecular flexibility index (Phi) is 6.85. The van der Waals surface area contributed by atoms with Crippen LogP contribution < -0.4 is 0 Å². The van der Waals surface area contributed by atoms with Crippen LogP contribution in [0.25, 0.3) is 11.1 Å². The summed E-state index contributed by atoms with van der Waals surface area (Å²) in [5, 5.41) is 13.9. The van der Waals surface area contributed by atoms with Gasteiger partial charge in [-0.1, -0.05) is 53.2 Å². The van der Waals surface area contributed by atoms with E-state index < -0.39 is 5.97 Å². The van der Waals surface area contributed by atoms with Gasteiger partial charge in [-0.05, 0) is 42.6 Å². The number of carboxylic acids is 1. The fraction of sp³-hybridized carbons (Fsp3) is 0.333. The molecule has 0 saturated carbocycles. The minimum absolute atomic E-state index is 0.271. The number of nitrogens with zero attached hydrogens (tertiary/aromatic N) is 2. The monoisotopic (exact) mass is 386 g/mol. The van der Waals surface area contributed by atoms with E-state index in [0.29, 0.717) is 24.7 Å². The molecule has 2 aromatic carbocycles. The Morgan fingerprint density at radius 3 is 2.96 bits per heavy atom. The number of likely N-dealkylation sites (tertiary alicyclic amines) is 1. The van der Waals surface area contributed by atoms with Crippen LogP contribution in [0, 0.1) is 5.92 Å². The zero-order valence-electron chi connectivity index (χ0n) is 15.1. The summed E-state index contributed by atoms with van der Waals surface area (Å²) in [5.41, 5.74) is 3.01. The van der Waals surface area contributed by atoms with E-state index in [2.05, 4.69) is 10.1 Å². The van der Waals surface area contributed by atoms with E-state index in [9.17, 15) is 4.79 Å². The van der Waals surface area contributed by atoms with Gasteiger partial charge in [0.05, 0.1) is 12.1 Å². The van der Waals surface area contributed by atoms with Gasteiger partial charge in [0.25, 0.3) is 0 Å². The molecule has 1 aliphatic rings. The van der Waals surface area contributed by atoms with E-state index in [1.54, 1.807) is 6.21 Å². The van der Waals surface area contributed by atoms with Crippen molar-refractivity contribution in [3.63, 3.8) is 0 Å². The standard InChI is InChI=1S/C21H23ClN2O3/c22-19-8-3-6-16(13-19)20-9-2-1-5-17(20)14-23-27-12-11-24-10-4-7-18(15-24)21(25)26/h1-3,5-6,8-9,13-14,18H,4,7,10-12,15H2,(H,25,26)/b23-14+. The smallest absolute Gasteiger partial charge is 0.307 e. The molecule has 0 aliphatic carbocycles. The van der Waals surface area contributed by atoms with Crippen LogP contribution in [0.2, 0.25) is 5.02 Å². The van der Waals surface area contributed by atoms with Crippen molar-refractivity contribution in [2.24, 2.45) is 11.1 Å². The van der Waals surface area contributed by atoms with Gasteiger partial charge in [0, 0.05) is 23.7 Å². The van der Waals surface area contributed by atoms with Crippen LogP contribution in [0.1, 0.15) is 18.4 Å². The minimum Gasteiger partial charge on any atom is -0.481 e. The van der Waals surface area contributed by atoms with Crippen molar-refractivity contribution in [1.82, 2.24) is 4.90 Å². The Morgan fingerprint density at radius 1 is 1.30 bits per heavy atom. The minimum atomic E-state index is -0.712. The number of oxime groups is 1. The van der Waals surface area contributed by atoms with Crippen LogP contribution >= 0.6 is 11.6 Å². The highest BCUT2D eigenvalue weighted by Gasteiger charge is 2.24. The van der Waals surface area contributed by atoms with Crippen molar-refractivity contribution in [3.8, 4) is 11.1 Å². The molecule has 0 radical (unpaired) electrons. The van der Waals surface area contributed by atoms with Gasteiger partial charge in [-0.15, -0.1) is 0 Å². The average molecular weight is 387 g/mol. The zero-order valence-corrected chi connectivity index (χ0v) is 15.8. The van der Waals surface area contributed by atoms with E-state index in [4.69, 9.17) is 21.5 Å². The number of hydrogen-bond acceptors (Lipinski definition) is 4. The van der Waals surface area contributed by atoms with Crippen LogP contribution in [0.4, 0.5) is 0 Å². The number of aliphatic carboxylic acids is 1. The number of halogens is 1. The zero-order chi connectivity index (χ0) is 19.1. The molecular formula is C21H23ClN2O3. The molecule has 1 unspecified atom stereocenters. The van der Waals surface area contributed by atoms with Crippen molar-refractivity contribution in [2.45, 2.75) is 12.8 Å². The summed E-state index contributed by atoms with van der Waals surface area (Å²) >= 11 is 6.10. The second kappa shape index (κ2) is 9.53. The summed E-state index contributed by atoms with van der Waals surface area (Å²) in [6.07, 6.45) is 3.37. The number of benzene rings is 2. The predicted molar refractivity (Wildman–Crippen MR) is 107 cm³/mol. The summed E-state index contributed by atoms with van der Waals surface area (Å²) in [6.45, 7) is 2.60. The fourth-order valence-corrected chi connectivity index (χ4v) is 3.50. The summed E-state index contributed by atoms with van der Waals surface area (Å²) in [7, 11) is 0. The molecule has 1 fully saturated rings. The normalized spacial score (nSPS) is 17.9. The van der Waals surface area contributed by atoms with Crippen LogP contribution in [0.15, 0.2) is 53.7 Å². The maximum Gasteiger partial charge on any atom is 0.307 e. The lowest BCUT2D eigenvalue weighted by Gasteiger charge is -2.29. The molecule has 142 valence electrons. The van der Waals surface area contributed by atoms with Crippen molar-refractivity contribution in [3.05, 3.63) is 59.1 Å². The van der Waals surface area contributed by atoms with Gasteiger partial charge in [-0.25, -0.2) is 0 Å². The maximum atomic E-state index is 11.1. The molecule has 1 N–H and O–H groups in total. The van der Waals surface area contributed by atoms with Gasteiger partial charge >= 0.3 is 5.97 Å². The number of carboxylic acid groups (broad SMARTS) is 1. The lowest BCUT2D eigenvalue weighted by atomic mass is 9.98. The number of carbonyl (C=O) groups is 1. The van der Waals surface area contributed by atoms with Crippen LogP contribution in [-0.4, -0.2) is 48.4 Å². The van der Waals surface area contributed by atoms with Crippen LogP contribution in [0.3, 0.4) is 0 Å². The topological polar surface area (TPSA) is 62.1 Å². The van der Waals surface area contributed by atoms with E-state index in [1.165, 1.54) is 0 Å². The molecule has 27 heavy (non-hydrogen) atoms. The fourth-order valence-electron chi connectivity index (χ4n) is 3.31. The first-order chi connectivity index (χ1) is 13.1. The van der Waals surface area contributed by atoms with E-state index >= 15 is 0 Å². The molecule has 1 saturated heterocycles. The van der Waals surface area contributed by atoms with Crippen LogP contribution in [0.5, 0.6) is 0 Å². The van der Waals surface area contributed by atoms with Gasteiger partial charge in [-0.3, -0.25) is 9.69 Å². The molecule has 5 nitrogen and oxygen atoms in total. The summed E-state index contributed by atoms with van der Waals surface area (Å²) in [5.74, 6) is -0.983. The molecule has 1 aliphatic heterocycles. The highest BCUT2D eigenvalue weighted by Crippen LogP contribution is 2.25. The lowest BCUT2D eigenvalue weighted by Crippen LogP contribution is -2.40. The third kappa shape index (κ3) is 5.55. The molecule has 2 aromatic rings.